The summed E-state index contributed by atoms with van der Waals surface area (Å²) in [5.41, 5.74) is -0.596. The lowest BCUT2D eigenvalue weighted by atomic mass is 10.1. The number of aromatic hydroxyl groups is 1. The van der Waals surface area contributed by atoms with Crippen molar-refractivity contribution in [2.24, 2.45) is 0 Å². The van der Waals surface area contributed by atoms with Gasteiger partial charge in [0, 0.05) is 6.07 Å². The van der Waals surface area contributed by atoms with E-state index in [1.807, 2.05) is 0 Å². The summed E-state index contributed by atoms with van der Waals surface area (Å²) in [6, 6.07) is 0.816. The summed E-state index contributed by atoms with van der Waals surface area (Å²) in [6.07, 6.45) is -1.35. The van der Waals surface area contributed by atoms with Crippen LogP contribution in [0.4, 0.5) is 8.78 Å². The SMILES string of the molecule is COc1cc(O)c(F)c(C(C)O)c1F. The van der Waals surface area contributed by atoms with Crippen molar-refractivity contribution >= 4 is 0 Å². The minimum Gasteiger partial charge on any atom is -0.505 e. The second kappa shape index (κ2) is 3.79. The van der Waals surface area contributed by atoms with Gasteiger partial charge in [-0.3, -0.25) is 0 Å². The van der Waals surface area contributed by atoms with E-state index in [2.05, 4.69) is 4.74 Å². The molecule has 5 heteroatoms. The third-order valence-corrected chi connectivity index (χ3v) is 1.82. The Morgan fingerprint density at radius 2 is 1.93 bits per heavy atom. The van der Waals surface area contributed by atoms with Crippen LogP contribution in [0.2, 0.25) is 0 Å². The van der Waals surface area contributed by atoms with E-state index in [1.54, 1.807) is 0 Å². The summed E-state index contributed by atoms with van der Waals surface area (Å²) in [5, 5.41) is 18.1. The molecule has 0 aliphatic rings. The molecule has 0 aromatic heterocycles. The van der Waals surface area contributed by atoms with Crippen LogP contribution in [-0.4, -0.2) is 17.3 Å². The van der Waals surface area contributed by atoms with E-state index in [9.17, 15) is 8.78 Å². The van der Waals surface area contributed by atoms with Gasteiger partial charge in [-0.05, 0) is 6.92 Å². The average Bonchev–Trinajstić information content (AvgIpc) is 2.11. The second-order valence-electron chi connectivity index (χ2n) is 2.82. The number of benzene rings is 1. The van der Waals surface area contributed by atoms with Gasteiger partial charge in [0.05, 0.1) is 18.8 Å². The summed E-state index contributed by atoms with van der Waals surface area (Å²) in [4.78, 5) is 0. The summed E-state index contributed by atoms with van der Waals surface area (Å²) < 4.78 is 31.0. The van der Waals surface area contributed by atoms with Crippen LogP contribution in [0.5, 0.6) is 11.5 Å². The maximum atomic E-state index is 13.3. The summed E-state index contributed by atoms with van der Waals surface area (Å²) in [7, 11) is 1.18. The van der Waals surface area contributed by atoms with Gasteiger partial charge in [-0.2, -0.15) is 0 Å². The highest BCUT2D eigenvalue weighted by Gasteiger charge is 2.21. The van der Waals surface area contributed by atoms with Crippen LogP contribution in [-0.2, 0) is 0 Å². The number of phenolic OH excluding ortho intramolecular Hbond substituents is 1. The topological polar surface area (TPSA) is 49.7 Å². The number of rotatable bonds is 2. The number of phenols is 1. The van der Waals surface area contributed by atoms with Crippen molar-refractivity contribution in [3.8, 4) is 11.5 Å². The van der Waals surface area contributed by atoms with Crippen LogP contribution in [0, 0.1) is 11.6 Å². The number of hydrogen-bond donors (Lipinski definition) is 2. The Morgan fingerprint density at radius 3 is 2.36 bits per heavy atom. The van der Waals surface area contributed by atoms with Crippen molar-refractivity contribution in [2.75, 3.05) is 7.11 Å². The molecule has 14 heavy (non-hydrogen) atoms. The quantitative estimate of drug-likeness (QED) is 0.771. The highest BCUT2D eigenvalue weighted by atomic mass is 19.1. The first kappa shape index (κ1) is 10.7. The van der Waals surface area contributed by atoms with E-state index in [-0.39, 0.29) is 5.75 Å². The predicted octanol–water partition coefficient (Wildman–Crippen LogP) is 1.73. The highest BCUT2D eigenvalue weighted by molar-refractivity contribution is 5.41. The van der Waals surface area contributed by atoms with E-state index in [1.165, 1.54) is 14.0 Å². The molecule has 1 atom stereocenters. The molecule has 0 fully saturated rings. The minimum atomic E-state index is -1.35. The molecule has 0 aliphatic heterocycles. The summed E-state index contributed by atoms with van der Waals surface area (Å²) in [6.45, 7) is 1.19. The van der Waals surface area contributed by atoms with E-state index in [0.29, 0.717) is 0 Å². The number of aliphatic hydroxyl groups excluding tert-OH is 1. The predicted molar refractivity (Wildman–Crippen MR) is 45.2 cm³/mol. The lowest BCUT2D eigenvalue weighted by Crippen LogP contribution is -2.03. The molecular formula is C9H10F2O3. The van der Waals surface area contributed by atoms with Crippen LogP contribution < -0.4 is 4.74 Å². The van der Waals surface area contributed by atoms with E-state index >= 15 is 0 Å². The van der Waals surface area contributed by atoms with Crippen LogP contribution in [0.25, 0.3) is 0 Å². The monoisotopic (exact) mass is 204 g/mol. The van der Waals surface area contributed by atoms with Gasteiger partial charge >= 0.3 is 0 Å². The molecule has 0 aliphatic carbocycles. The highest BCUT2D eigenvalue weighted by Crippen LogP contribution is 2.33. The van der Waals surface area contributed by atoms with E-state index in [4.69, 9.17) is 10.2 Å². The minimum absolute atomic E-state index is 0.306. The van der Waals surface area contributed by atoms with Gasteiger partial charge in [-0.15, -0.1) is 0 Å². The molecular weight excluding hydrogens is 194 g/mol. The first-order valence-corrected chi connectivity index (χ1v) is 3.92. The Morgan fingerprint density at radius 1 is 1.36 bits per heavy atom. The van der Waals surface area contributed by atoms with Crippen molar-refractivity contribution in [3.05, 3.63) is 23.3 Å². The van der Waals surface area contributed by atoms with Gasteiger partial charge < -0.3 is 14.9 Å². The largest absolute Gasteiger partial charge is 0.505 e. The molecule has 0 radical (unpaired) electrons. The van der Waals surface area contributed by atoms with Crippen molar-refractivity contribution < 1.29 is 23.7 Å². The maximum Gasteiger partial charge on any atom is 0.174 e. The van der Waals surface area contributed by atoms with E-state index in [0.717, 1.165) is 6.07 Å². The number of ether oxygens (including phenoxy) is 1. The zero-order valence-corrected chi connectivity index (χ0v) is 7.71. The molecule has 1 rings (SSSR count). The van der Waals surface area contributed by atoms with Gasteiger partial charge in [0.25, 0.3) is 0 Å². The van der Waals surface area contributed by atoms with Crippen LogP contribution in [0.1, 0.15) is 18.6 Å². The summed E-state index contributed by atoms with van der Waals surface area (Å²) >= 11 is 0. The first-order valence-electron chi connectivity index (χ1n) is 3.92. The smallest absolute Gasteiger partial charge is 0.174 e. The lowest BCUT2D eigenvalue weighted by molar-refractivity contribution is 0.185. The van der Waals surface area contributed by atoms with Crippen molar-refractivity contribution in [2.45, 2.75) is 13.0 Å². The molecule has 0 heterocycles. The van der Waals surface area contributed by atoms with Crippen molar-refractivity contribution in [1.82, 2.24) is 0 Å². The average molecular weight is 204 g/mol. The molecule has 1 aromatic rings. The number of halogens is 2. The molecule has 0 saturated carbocycles. The van der Waals surface area contributed by atoms with E-state index < -0.39 is 29.1 Å². The zero-order valence-electron chi connectivity index (χ0n) is 7.71. The molecule has 0 bridgehead atoms. The zero-order chi connectivity index (χ0) is 10.9. The fourth-order valence-corrected chi connectivity index (χ4v) is 1.13. The van der Waals surface area contributed by atoms with Gasteiger partial charge in [0.1, 0.15) is 0 Å². The number of methoxy groups -OCH3 is 1. The molecule has 0 spiro atoms. The molecule has 3 nitrogen and oxygen atoms in total. The van der Waals surface area contributed by atoms with Crippen molar-refractivity contribution in [3.63, 3.8) is 0 Å². The molecule has 78 valence electrons. The van der Waals surface area contributed by atoms with Gasteiger partial charge in [-0.25, -0.2) is 8.78 Å². The molecule has 2 N–H and O–H groups in total. The van der Waals surface area contributed by atoms with Crippen LogP contribution >= 0.6 is 0 Å². The lowest BCUT2D eigenvalue weighted by Gasteiger charge is -2.11. The van der Waals surface area contributed by atoms with Crippen LogP contribution in [0.3, 0.4) is 0 Å². The van der Waals surface area contributed by atoms with Gasteiger partial charge in [0.15, 0.2) is 23.1 Å². The normalized spacial score (nSPS) is 12.6. The molecule has 0 amide bonds. The van der Waals surface area contributed by atoms with Crippen LogP contribution in [0.15, 0.2) is 6.07 Å². The first-order chi connectivity index (χ1) is 6.49. The maximum absolute atomic E-state index is 13.3. The van der Waals surface area contributed by atoms with Crippen molar-refractivity contribution in [1.29, 1.82) is 0 Å². The fourth-order valence-electron chi connectivity index (χ4n) is 1.13. The Hall–Kier alpha value is -1.36. The Bertz CT molecular complexity index is 350. The fraction of sp³-hybridized carbons (Fsp3) is 0.333. The van der Waals surface area contributed by atoms with Gasteiger partial charge in [-0.1, -0.05) is 0 Å². The molecule has 0 saturated heterocycles. The molecule has 1 aromatic carbocycles. The standard InChI is InChI=1S/C9H10F2O3/c1-4(12)7-8(10)5(13)3-6(14-2)9(7)11/h3-4,12-13H,1-2H3. The third-order valence-electron chi connectivity index (χ3n) is 1.82. The number of hydrogen-bond acceptors (Lipinski definition) is 3. The Balaban J connectivity index is 3.45. The van der Waals surface area contributed by atoms with Gasteiger partial charge in [0.2, 0.25) is 0 Å². The second-order valence-corrected chi connectivity index (χ2v) is 2.82. The summed E-state index contributed by atoms with van der Waals surface area (Å²) in [5.74, 6) is -3.23. The molecule has 1 unspecified atom stereocenters. The number of aliphatic hydroxyl groups is 1. The Labute approximate surface area is 79.6 Å². The third kappa shape index (κ3) is 1.63. The Kier molecular flexibility index (Phi) is 2.90.